The molecule has 5 rings (SSSR count). The first-order chi connectivity index (χ1) is 17.1. The van der Waals surface area contributed by atoms with Crippen molar-refractivity contribution < 1.29 is 9.84 Å². The summed E-state index contributed by atoms with van der Waals surface area (Å²) < 4.78 is 8.57. The third kappa shape index (κ3) is 6.34. The molecule has 1 saturated carbocycles. The number of ether oxygens (including phenoxy) is 1. The summed E-state index contributed by atoms with van der Waals surface area (Å²) in [5.74, 6) is 0.477. The molecule has 35 heavy (non-hydrogen) atoms. The Labute approximate surface area is 209 Å². The molecular weight excluding hydrogens is 470 g/mol. The number of nitrogens with one attached hydrogen (secondary N) is 2. The molecule has 9 nitrogen and oxygen atoms in total. The molecule has 3 heterocycles. The predicted octanol–water partition coefficient (Wildman–Crippen LogP) is 3.56. The van der Waals surface area contributed by atoms with E-state index in [1.165, 1.54) is 11.0 Å². The van der Waals surface area contributed by atoms with Gasteiger partial charge in [-0.05, 0) is 43.7 Å². The van der Waals surface area contributed by atoms with Crippen molar-refractivity contribution in [3.8, 4) is 0 Å². The highest BCUT2D eigenvalue weighted by molar-refractivity contribution is 6.32. The van der Waals surface area contributed by atoms with Crippen molar-refractivity contribution in [2.45, 2.75) is 57.5 Å². The standard InChI is InChI=1S/C16H24ClN3O2.C9H10N2O2/c17-15-14(18-9-12-5-4-8-22-11-12)10-19-20(16(15)21)13-6-2-1-3-7-13;12-6-5-11-8-4-2-1-3-7(8)10-9(11)13/h10,12-13,18H,1-9,11H2;1-4,12H,5-6H2,(H,10,13). The molecule has 1 aliphatic carbocycles. The Morgan fingerprint density at radius 2 is 1.94 bits per heavy atom. The van der Waals surface area contributed by atoms with Gasteiger partial charge in [0.15, 0.2) is 0 Å². The molecule has 0 bridgehead atoms. The maximum atomic E-state index is 12.4. The van der Waals surface area contributed by atoms with Gasteiger partial charge in [-0.1, -0.05) is 43.0 Å². The zero-order chi connectivity index (χ0) is 24.6. The van der Waals surface area contributed by atoms with Crippen LogP contribution in [0.2, 0.25) is 5.02 Å². The topological polar surface area (TPSA) is 114 Å². The first-order valence-corrected chi connectivity index (χ1v) is 12.8. The average molecular weight is 504 g/mol. The maximum absolute atomic E-state index is 12.4. The van der Waals surface area contributed by atoms with E-state index in [0.29, 0.717) is 18.2 Å². The van der Waals surface area contributed by atoms with E-state index >= 15 is 0 Å². The number of hydrogen-bond acceptors (Lipinski definition) is 6. The van der Waals surface area contributed by atoms with E-state index in [-0.39, 0.29) is 28.9 Å². The lowest BCUT2D eigenvalue weighted by atomic mass is 9.96. The molecule has 1 atom stereocenters. The van der Waals surface area contributed by atoms with Crippen LogP contribution in [0.3, 0.4) is 0 Å². The van der Waals surface area contributed by atoms with Gasteiger partial charge in [0.25, 0.3) is 5.56 Å². The number of aromatic nitrogens is 4. The molecule has 1 aromatic carbocycles. The molecular formula is C25H34ClN5O4. The molecule has 2 aromatic heterocycles. The van der Waals surface area contributed by atoms with E-state index in [0.717, 1.165) is 69.3 Å². The summed E-state index contributed by atoms with van der Waals surface area (Å²) in [5, 5.41) is 16.6. The van der Waals surface area contributed by atoms with Crippen molar-refractivity contribution >= 4 is 28.3 Å². The summed E-state index contributed by atoms with van der Waals surface area (Å²) in [4.78, 5) is 26.5. The van der Waals surface area contributed by atoms with Crippen molar-refractivity contribution in [1.82, 2.24) is 19.3 Å². The second-order valence-corrected chi connectivity index (χ2v) is 9.58. The highest BCUT2D eigenvalue weighted by Gasteiger charge is 2.20. The largest absolute Gasteiger partial charge is 0.395 e. The molecule has 3 aromatic rings. The Balaban J connectivity index is 0.000000189. The SMILES string of the molecule is O=c1[nH]c2ccccc2n1CCO.O=c1c(Cl)c(NCC2CCCOC2)cnn1C1CCCCC1. The number of fused-ring (bicyclic) bond motifs is 1. The highest BCUT2D eigenvalue weighted by atomic mass is 35.5. The fraction of sp³-hybridized carbons (Fsp3) is 0.560. The van der Waals surface area contributed by atoms with E-state index < -0.39 is 0 Å². The van der Waals surface area contributed by atoms with Crippen LogP contribution < -0.4 is 16.6 Å². The monoisotopic (exact) mass is 503 g/mol. The number of aliphatic hydroxyl groups is 1. The number of nitrogens with zero attached hydrogens (tertiary/aromatic N) is 3. The second kappa shape index (κ2) is 12.4. The van der Waals surface area contributed by atoms with Crippen LogP contribution in [0.5, 0.6) is 0 Å². The number of benzene rings is 1. The summed E-state index contributed by atoms with van der Waals surface area (Å²) >= 11 is 6.27. The van der Waals surface area contributed by atoms with Gasteiger partial charge in [0, 0.05) is 13.2 Å². The van der Waals surface area contributed by atoms with Gasteiger partial charge in [-0.3, -0.25) is 9.36 Å². The molecule has 1 aliphatic heterocycles. The van der Waals surface area contributed by atoms with Gasteiger partial charge in [0.1, 0.15) is 5.02 Å². The molecule has 0 spiro atoms. The third-order valence-electron chi connectivity index (χ3n) is 6.71. The summed E-state index contributed by atoms with van der Waals surface area (Å²) in [6, 6.07) is 7.62. The van der Waals surface area contributed by atoms with E-state index in [1.807, 2.05) is 24.3 Å². The van der Waals surface area contributed by atoms with Crippen molar-refractivity contribution in [1.29, 1.82) is 0 Å². The number of aromatic amines is 1. The molecule has 2 fully saturated rings. The first kappa shape index (κ1) is 25.5. The van der Waals surface area contributed by atoms with Crippen LogP contribution >= 0.6 is 11.6 Å². The van der Waals surface area contributed by atoms with Gasteiger partial charge in [0.05, 0.1) is 48.7 Å². The average Bonchev–Trinajstić information content (AvgIpc) is 3.21. The quantitative estimate of drug-likeness (QED) is 0.474. The number of imidazole rings is 1. The van der Waals surface area contributed by atoms with Crippen LogP contribution in [-0.4, -0.2) is 50.8 Å². The predicted molar refractivity (Wildman–Crippen MR) is 137 cm³/mol. The molecule has 1 unspecified atom stereocenters. The Bertz CT molecular complexity index is 1210. The highest BCUT2D eigenvalue weighted by Crippen LogP contribution is 2.27. The van der Waals surface area contributed by atoms with Crippen LogP contribution in [0.15, 0.2) is 40.1 Å². The Morgan fingerprint density at radius 3 is 2.69 bits per heavy atom. The Hall–Kier alpha value is -2.62. The zero-order valence-corrected chi connectivity index (χ0v) is 20.7. The number of hydrogen-bond donors (Lipinski definition) is 3. The van der Waals surface area contributed by atoms with Crippen molar-refractivity contribution in [2.75, 3.05) is 31.7 Å². The molecule has 0 radical (unpaired) electrons. The molecule has 190 valence electrons. The molecule has 1 saturated heterocycles. The van der Waals surface area contributed by atoms with Crippen LogP contribution in [0.25, 0.3) is 11.0 Å². The number of aliphatic hydroxyl groups excluding tert-OH is 1. The molecule has 2 aliphatic rings. The summed E-state index contributed by atoms with van der Waals surface area (Å²) in [7, 11) is 0. The minimum Gasteiger partial charge on any atom is -0.395 e. The van der Waals surface area contributed by atoms with Crippen LogP contribution in [0.1, 0.15) is 51.0 Å². The van der Waals surface area contributed by atoms with Crippen LogP contribution in [0, 0.1) is 5.92 Å². The van der Waals surface area contributed by atoms with Crippen molar-refractivity contribution in [3.63, 3.8) is 0 Å². The van der Waals surface area contributed by atoms with E-state index in [1.54, 1.807) is 10.9 Å². The number of H-pyrrole nitrogens is 1. The lowest BCUT2D eigenvalue weighted by Crippen LogP contribution is -2.30. The number of para-hydroxylation sites is 2. The normalized spacial score (nSPS) is 18.7. The van der Waals surface area contributed by atoms with Crippen molar-refractivity contribution in [3.05, 3.63) is 56.3 Å². The smallest absolute Gasteiger partial charge is 0.326 e. The fourth-order valence-electron chi connectivity index (χ4n) is 4.81. The number of halogens is 1. The number of anilines is 1. The van der Waals surface area contributed by atoms with Gasteiger partial charge >= 0.3 is 5.69 Å². The third-order valence-corrected chi connectivity index (χ3v) is 7.07. The van der Waals surface area contributed by atoms with Gasteiger partial charge in [-0.2, -0.15) is 5.10 Å². The van der Waals surface area contributed by atoms with E-state index in [9.17, 15) is 9.59 Å². The van der Waals surface area contributed by atoms with Crippen LogP contribution in [-0.2, 0) is 11.3 Å². The molecule has 0 amide bonds. The fourth-order valence-corrected chi connectivity index (χ4v) is 5.01. The Kier molecular flexibility index (Phi) is 9.01. The minimum atomic E-state index is -0.171. The van der Waals surface area contributed by atoms with Gasteiger partial charge in [-0.15, -0.1) is 0 Å². The van der Waals surface area contributed by atoms with Crippen molar-refractivity contribution in [2.24, 2.45) is 5.92 Å². The summed E-state index contributed by atoms with van der Waals surface area (Å²) in [6.07, 6.45) is 9.57. The van der Waals surface area contributed by atoms with Crippen LogP contribution in [0.4, 0.5) is 5.69 Å². The zero-order valence-electron chi connectivity index (χ0n) is 19.9. The lowest BCUT2D eigenvalue weighted by Gasteiger charge is -2.24. The molecule has 10 heteroatoms. The minimum absolute atomic E-state index is 0.0260. The summed E-state index contributed by atoms with van der Waals surface area (Å²) in [5.41, 5.74) is 1.94. The van der Waals surface area contributed by atoms with Gasteiger partial charge < -0.3 is 20.1 Å². The summed E-state index contributed by atoms with van der Waals surface area (Å²) in [6.45, 7) is 2.71. The van der Waals surface area contributed by atoms with E-state index in [2.05, 4.69) is 15.4 Å². The lowest BCUT2D eigenvalue weighted by molar-refractivity contribution is 0.0595. The maximum Gasteiger partial charge on any atom is 0.326 e. The Morgan fingerprint density at radius 1 is 1.14 bits per heavy atom. The number of rotatable bonds is 6. The molecule has 3 N–H and O–H groups in total. The first-order valence-electron chi connectivity index (χ1n) is 12.5. The van der Waals surface area contributed by atoms with Gasteiger partial charge in [0.2, 0.25) is 0 Å². The van der Waals surface area contributed by atoms with E-state index in [4.69, 9.17) is 21.4 Å². The van der Waals surface area contributed by atoms with Gasteiger partial charge in [-0.25, -0.2) is 9.48 Å². The second-order valence-electron chi connectivity index (χ2n) is 9.20.